The molecule has 0 saturated heterocycles. The average Bonchev–Trinajstić information content (AvgIpc) is 2.46. The third kappa shape index (κ3) is 3.85. The van der Waals surface area contributed by atoms with Crippen LogP contribution in [0.5, 0.6) is 11.5 Å². The second kappa shape index (κ2) is 6.75. The Balaban J connectivity index is 2.08. The smallest absolute Gasteiger partial charge is 0.163 e. The van der Waals surface area contributed by atoms with Crippen molar-refractivity contribution in [1.82, 2.24) is 9.97 Å². The standard InChI is InChI=1S/C15H19N3O2/c1-11(2)20-15-6-13(4-5-14(15)19-3)18-9-12-7-16-10-17-8-12/h4-8,10-11,18H,9H2,1-3H3. The largest absolute Gasteiger partial charge is 0.493 e. The van der Waals surface area contributed by atoms with Crippen LogP contribution in [0, 0.1) is 0 Å². The highest BCUT2D eigenvalue weighted by molar-refractivity contribution is 5.55. The van der Waals surface area contributed by atoms with Gasteiger partial charge in [0.25, 0.3) is 0 Å². The van der Waals surface area contributed by atoms with Crippen molar-refractivity contribution in [2.45, 2.75) is 26.5 Å². The van der Waals surface area contributed by atoms with Crippen LogP contribution in [0.25, 0.3) is 0 Å². The molecule has 1 aromatic carbocycles. The summed E-state index contributed by atoms with van der Waals surface area (Å²) in [6, 6.07) is 5.78. The van der Waals surface area contributed by atoms with E-state index in [1.165, 1.54) is 6.33 Å². The van der Waals surface area contributed by atoms with Gasteiger partial charge in [0.05, 0.1) is 13.2 Å². The first-order chi connectivity index (χ1) is 9.69. The van der Waals surface area contributed by atoms with Gasteiger partial charge in [0.15, 0.2) is 11.5 Å². The fraction of sp³-hybridized carbons (Fsp3) is 0.333. The first kappa shape index (κ1) is 14.1. The predicted molar refractivity (Wildman–Crippen MR) is 78.1 cm³/mol. The normalized spacial score (nSPS) is 10.4. The highest BCUT2D eigenvalue weighted by atomic mass is 16.5. The monoisotopic (exact) mass is 273 g/mol. The lowest BCUT2D eigenvalue weighted by molar-refractivity contribution is 0.230. The lowest BCUT2D eigenvalue weighted by Gasteiger charge is -2.15. The van der Waals surface area contributed by atoms with Gasteiger partial charge in [0, 0.05) is 36.3 Å². The molecule has 0 amide bonds. The van der Waals surface area contributed by atoms with Crippen molar-refractivity contribution in [1.29, 1.82) is 0 Å². The predicted octanol–water partition coefficient (Wildman–Crippen LogP) is 2.88. The minimum Gasteiger partial charge on any atom is -0.493 e. The summed E-state index contributed by atoms with van der Waals surface area (Å²) in [6.45, 7) is 4.63. The Morgan fingerprint density at radius 3 is 2.55 bits per heavy atom. The first-order valence-corrected chi connectivity index (χ1v) is 6.51. The molecule has 0 unspecified atom stereocenters. The van der Waals surface area contributed by atoms with Gasteiger partial charge in [-0.2, -0.15) is 0 Å². The zero-order valence-corrected chi connectivity index (χ0v) is 12.0. The van der Waals surface area contributed by atoms with Gasteiger partial charge in [0.2, 0.25) is 0 Å². The van der Waals surface area contributed by atoms with Gasteiger partial charge in [-0.05, 0) is 26.0 Å². The molecule has 2 aromatic rings. The fourth-order valence-electron chi connectivity index (χ4n) is 1.76. The second-order valence-electron chi connectivity index (χ2n) is 4.63. The van der Waals surface area contributed by atoms with Crippen LogP contribution in [0.2, 0.25) is 0 Å². The van der Waals surface area contributed by atoms with Crippen molar-refractivity contribution >= 4 is 5.69 Å². The number of nitrogens with one attached hydrogen (secondary N) is 1. The Hall–Kier alpha value is -2.30. The molecule has 20 heavy (non-hydrogen) atoms. The van der Waals surface area contributed by atoms with Gasteiger partial charge in [-0.25, -0.2) is 9.97 Å². The molecule has 0 aliphatic heterocycles. The lowest BCUT2D eigenvalue weighted by Crippen LogP contribution is -2.07. The number of aromatic nitrogens is 2. The zero-order chi connectivity index (χ0) is 14.4. The Labute approximate surface area is 119 Å². The molecule has 0 spiro atoms. The van der Waals surface area contributed by atoms with Gasteiger partial charge in [-0.3, -0.25) is 0 Å². The minimum atomic E-state index is 0.0988. The van der Waals surface area contributed by atoms with Gasteiger partial charge in [-0.15, -0.1) is 0 Å². The van der Waals surface area contributed by atoms with E-state index in [-0.39, 0.29) is 6.10 Å². The van der Waals surface area contributed by atoms with Crippen LogP contribution in [0.3, 0.4) is 0 Å². The van der Waals surface area contributed by atoms with E-state index in [2.05, 4.69) is 15.3 Å². The molecule has 0 radical (unpaired) electrons. The fourth-order valence-corrected chi connectivity index (χ4v) is 1.76. The van der Waals surface area contributed by atoms with E-state index < -0.39 is 0 Å². The van der Waals surface area contributed by atoms with Crippen LogP contribution in [-0.2, 0) is 6.54 Å². The molecule has 0 aliphatic rings. The highest BCUT2D eigenvalue weighted by Crippen LogP contribution is 2.31. The summed E-state index contributed by atoms with van der Waals surface area (Å²) >= 11 is 0. The number of ether oxygens (including phenoxy) is 2. The van der Waals surface area contributed by atoms with Crippen molar-refractivity contribution in [3.63, 3.8) is 0 Å². The molecular weight excluding hydrogens is 254 g/mol. The average molecular weight is 273 g/mol. The van der Waals surface area contributed by atoms with E-state index in [0.717, 1.165) is 22.7 Å². The molecule has 106 valence electrons. The number of hydrogen-bond acceptors (Lipinski definition) is 5. The summed E-state index contributed by atoms with van der Waals surface area (Å²) in [4.78, 5) is 7.97. The molecule has 0 fully saturated rings. The van der Waals surface area contributed by atoms with Crippen molar-refractivity contribution < 1.29 is 9.47 Å². The van der Waals surface area contributed by atoms with Crippen LogP contribution in [0.4, 0.5) is 5.69 Å². The Kier molecular flexibility index (Phi) is 4.76. The van der Waals surface area contributed by atoms with E-state index in [4.69, 9.17) is 9.47 Å². The van der Waals surface area contributed by atoms with Crippen LogP contribution in [0.15, 0.2) is 36.9 Å². The van der Waals surface area contributed by atoms with Crippen molar-refractivity contribution in [3.8, 4) is 11.5 Å². The Bertz CT molecular complexity index is 544. The molecule has 2 rings (SSSR count). The van der Waals surface area contributed by atoms with Crippen molar-refractivity contribution in [2.75, 3.05) is 12.4 Å². The molecule has 1 heterocycles. The Morgan fingerprint density at radius 1 is 1.15 bits per heavy atom. The van der Waals surface area contributed by atoms with Gasteiger partial charge < -0.3 is 14.8 Å². The molecule has 0 bridgehead atoms. The van der Waals surface area contributed by atoms with E-state index in [1.807, 2.05) is 32.0 Å². The number of anilines is 1. The molecule has 0 saturated carbocycles. The molecule has 5 heteroatoms. The number of hydrogen-bond donors (Lipinski definition) is 1. The maximum atomic E-state index is 5.74. The van der Waals surface area contributed by atoms with Gasteiger partial charge >= 0.3 is 0 Å². The Morgan fingerprint density at radius 2 is 1.90 bits per heavy atom. The topological polar surface area (TPSA) is 56.3 Å². The lowest BCUT2D eigenvalue weighted by atomic mass is 10.2. The quantitative estimate of drug-likeness (QED) is 0.877. The molecule has 1 N–H and O–H groups in total. The zero-order valence-electron chi connectivity index (χ0n) is 12.0. The van der Waals surface area contributed by atoms with Gasteiger partial charge in [-0.1, -0.05) is 0 Å². The second-order valence-corrected chi connectivity index (χ2v) is 4.63. The molecule has 0 atom stereocenters. The van der Waals surface area contributed by atoms with Crippen molar-refractivity contribution in [3.05, 3.63) is 42.5 Å². The van der Waals surface area contributed by atoms with E-state index >= 15 is 0 Å². The molecule has 5 nitrogen and oxygen atoms in total. The number of rotatable bonds is 6. The van der Waals surface area contributed by atoms with E-state index in [1.54, 1.807) is 19.5 Å². The van der Waals surface area contributed by atoms with Crippen LogP contribution < -0.4 is 14.8 Å². The number of nitrogens with zero attached hydrogens (tertiary/aromatic N) is 2. The van der Waals surface area contributed by atoms with Crippen molar-refractivity contribution in [2.24, 2.45) is 0 Å². The summed E-state index contributed by atoms with van der Waals surface area (Å²) in [6.07, 6.45) is 5.19. The third-order valence-corrected chi connectivity index (χ3v) is 2.64. The summed E-state index contributed by atoms with van der Waals surface area (Å²) < 4.78 is 11.0. The maximum absolute atomic E-state index is 5.74. The first-order valence-electron chi connectivity index (χ1n) is 6.51. The summed E-state index contributed by atoms with van der Waals surface area (Å²) in [5.74, 6) is 1.46. The summed E-state index contributed by atoms with van der Waals surface area (Å²) in [5.41, 5.74) is 1.99. The van der Waals surface area contributed by atoms with Gasteiger partial charge in [0.1, 0.15) is 6.33 Å². The summed E-state index contributed by atoms with van der Waals surface area (Å²) in [7, 11) is 1.64. The van der Waals surface area contributed by atoms with Crippen LogP contribution in [-0.4, -0.2) is 23.2 Å². The van der Waals surface area contributed by atoms with Crippen LogP contribution in [0.1, 0.15) is 19.4 Å². The molecular formula is C15H19N3O2. The van der Waals surface area contributed by atoms with Crippen LogP contribution >= 0.6 is 0 Å². The molecule has 0 aliphatic carbocycles. The minimum absolute atomic E-state index is 0.0988. The highest BCUT2D eigenvalue weighted by Gasteiger charge is 2.07. The number of methoxy groups -OCH3 is 1. The summed E-state index contributed by atoms with van der Waals surface area (Å²) in [5, 5.41) is 3.31. The maximum Gasteiger partial charge on any atom is 0.163 e. The van der Waals surface area contributed by atoms with E-state index in [0.29, 0.717) is 6.54 Å². The number of benzene rings is 1. The third-order valence-electron chi connectivity index (χ3n) is 2.64. The van der Waals surface area contributed by atoms with E-state index in [9.17, 15) is 0 Å². The SMILES string of the molecule is COc1ccc(NCc2cncnc2)cc1OC(C)C. The molecule has 1 aromatic heterocycles.